The van der Waals surface area contributed by atoms with Gasteiger partial charge in [0, 0.05) is 13.1 Å². The minimum atomic E-state index is -5.81. The van der Waals surface area contributed by atoms with Crippen LogP contribution in [0.1, 0.15) is 33.6 Å². The highest BCUT2D eigenvalue weighted by Crippen LogP contribution is 2.45. The zero-order valence-electron chi connectivity index (χ0n) is 14.0. The maximum Gasteiger partial charge on any atom is 0.534 e. The number of hydrogen-bond acceptors (Lipinski definition) is 5. The van der Waals surface area contributed by atoms with E-state index in [4.69, 9.17) is 9.84 Å². The van der Waals surface area contributed by atoms with Crippen molar-refractivity contribution in [3.63, 3.8) is 0 Å². The molecule has 0 saturated carbocycles. The van der Waals surface area contributed by atoms with Gasteiger partial charge in [-0.2, -0.15) is 21.6 Å². The number of halogens is 3. The van der Waals surface area contributed by atoms with Gasteiger partial charge in [-0.15, -0.1) is 0 Å². The van der Waals surface area contributed by atoms with E-state index >= 15 is 0 Å². The quantitative estimate of drug-likeness (QED) is 0.578. The lowest BCUT2D eigenvalue weighted by molar-refractivity contribution is -0.0997. The summed E-state index contributed by atoms with van der Waals surface area (Å²) in [5.41, 5.74) is -7.31. The molecule has 25 heavy (non-hydrogen) atoms. The molecule has 11 heteroatoms. The van der Waals surface area contributed by atoms with Crippen LogP contribution in [0.5, 0.6) is 0 Å². The Morgan fingerprint density at radius 1 is 1.32 bits per heavy atom. The number of rotatable bonds is 2. The van der Waals surface area contributed by atoms with E-state index < -0.39 is 44.6 Å². The summed E-state index contributed by atoms with van der Waals surface area (Å²) in [7, 11) is -5.81. The molecule has 2 heterocycles. The van der Waals surface area contributed by atoms with E-state index in [2.05, 4.69) is 4.18 Å². The number of carboxylic acid groups (broad SMARTS) is 1. The Bertz CT molecular complexity index is 672. The minimum Gasteiger partial charge on any atom is -0.465 e. The maximum absolute atomic E-state index is 12.6. The number of alkyl halides is 3. The van der Waals surface area contributed by atoms with Crippen LogP contribution in [0.15, 0.2) is 11.8 Å². The van der Waals surface area contributed by atoms with Gasteiger partial charge in [0.05, 0.1) is 5.60 Å². The second-order valence-corrected chi connectivity index (χ2v) is 8.77. The average Bonchev–Trinajstić information content (AvgIpc) is 2.75. The van der Waals surface area contributed by atoms with Crippen molar-refractivity contribution in [1.82, 2.24) is 4.90 Å². The van der Waals surface area contributed by atoms with Crippen LogP contribution in [0.25, 0.3) is 0 Å². The molecular formula is C14H20F3NO6S. The Morgan fingerprint density at radius 3 is 2.24 bits per heavy atom. The molecule has 1 saturated heterocycles. The van der Waals surface area contributed by atoms with E-state index in [-0.39, 0.29) is 25.9 Å². The van der Waals surface area contributed by atoms with E-state index in [9.17, 15) is 26.4 Å². The number of piperidine rings is 1. The molecule has 0 radical (unpaired) electrons. The topological polar surface area (TPSA) is 93.1 Å². The number of carbonyl (C=O) groups is 1. The molecule has 144 valence electrons. The average molecular weight is 387 g/mol. The molecule has 0 aromatic heterocycles. The first-order valence-corrected chi connectivity index (χ1v) is 8.97. The highest BCUT2D eigenvalue weighted by molar-refractivity contribution is 7.87. The van der Waals surface area contributed by atoms with Crippen molar-refractivity contribution in [2.75, 3.05) is 13.1 Å². The molecule has 7 nitrogen and oxygen atoms in total. The van der Waals surface area contributed by atoms with Gasteiger partial charge in [-0.25, -0.2) is 4.79 Å². The molecule has 2 aliphatic heterocycles. The van der Waals surface area contributed by atoms with Crippen molar-refractivity contribution in [3.05, 3.63) is 11.8 Å². The molecule has 1 unspecified atom stereocenters. The first kappa shape index (κ1) is 19.8. The summed E-state index contributed by atoms with van der Waals surface area (Å²) in [6, 6.07) is 0. The van der Waals surface area contributed by atoms with Gasteiger partial charge in [-0.3, -0.25) is 0 Å². The lowest BCUT2D eigenvalue weighted by atomic mass is 9.88. The zero-order chi connectivity index (χ0) is 19.3. The third-order valence-corrected chi connectivity index (χ3v) is 5.15. The SMILES string of the molecule is CC(C)(C)C1OC2(C=C1OS(=O)(=O)C(F)(F)F)CCN(C(=O)O)CC2. The standard InChI is InChI=1S/C14H20F3NO6S/c1-12(2,3)10-9(24-25(21,22)14(15,16)17)8-13(23-10)4-6-18(7-5-13)11(19)20/h8,10H,4-7H2,1-3H3,(H,19,20). The third-order valence-electron chi connectivity index (χ3n) is 4.17. The van der Waals surface area contributed by atoms with Crippen LogP contribution in [0.3, 0.4) is 0 Å². The molecule has 2 rings (SSSR count). The Balaban J connectivity index is 2.30. The highest BCUT2D eigenvalue weighted by Gasteiger charge is 2.53. The van der Waals surface area contributed by atoms with Gasteiger partial charge in [-0.05, 0) is 24.3 Å². The molecular weight excluding hydrogens is 367 g/mol. The minimum absolute atomic E-state index is 0.127. The van der Waals surface area contributed by atoms with Gasteiger partial charge in [0.25, 0.3) is 0 Å². The number of ether oxygens (including phenoxy) is 1. The number of amides is 1. The highest BCUT2D eigenvalue weighted by atomic mass is 32.2. The summed E-state index contributed by atoms with van der Waals surface area (Å²) in [4.78, 5) is 12.2. The Labute approximate surface area is 143 Å². The van der Waals surface area contributed by atoms with Crippen LogP contribution in [-0.2, 0) is 19.0 Å². The second kappa shape index (κ2) is 6.04. The van der Waals surface area contributed by atoms with Crippen molar-refractivity contribution in [3.8, 4) is 0 Å². The first-order valence-electron chi connectivity index (χ1n) is 7.56. The van der Waals surface area contributed by atoms with Crippen LogP contribution < -0.4 is 0 Å². The molecule has 0 aliphatic carbocycles. The number of nitrogens with zero attached hydrogens (tertiary/aromatic N) is 1. The molecule has 1 amide bonds. The monoisotopic (exact) mass is 387 g/mol. The molecule has 2 aliphatic rings. The predicted octanol–water partition coefficient (Wildman–Crippen LogP) is 2.69. The fourth-order valence-electron chi connectivity index (χ4n) is 2.85. The molecule has 1 fully saturated rings. The predicted molar refractivity (Wildman–Crippen MR) is 80.0 cm³/mol. The van der Waals surface area contributed by atoms with Crippen LogP contribution in [0.4, 0.5) is 18.0 Å². The molecule has 0 aromatic carbocycles. The van der Waals surface area contributed by atoms with E-state index in [1.807, 2.05) is 0 Å². The van der Waals surface area contributed by atoms with Crippen LogP contribution in [0.2, 0.25) is 0 Å². The Morgan fingerprint density at radius 2 is 1.84 bits per heavy atom. The second-order valence-electron chi connectivity index (χ2n) is 7.23. The van der Waals surface area contributed by atoms with Crippen LogP contribution >= 0.6 is 0 Å². The van der Waals surface area contributed by atoms with E-state index in [0.29, 0.717) is 0 Å². The zero-order valence-corrected chi connectivity index (χ0v) is 14.8. The summed E-state index contributed by atoms with van der Waals surface area (Å²) >= 11 is 0. The molecule has 1 atom stereocenters. The summed E-state index contributed by atoms with van der Waals surface area (Å²) in [5.74, 6) is -0.409. The number of likely N-dealkylation sites (tertiary alicyclic amines) is 1. The largest absolute Gasteiger partial charge is 0.534 e. The van der Waals surface area contributed by atoms with Crippen LogP contribution in [-0.4, -0.2) is 54.8 Å². The summed E-state index contributed by atoms with van der Waals surface area (Å²) < 4.78 is 70.9. The third kappa shape index (κ3) is 4.02. The van der Waals surface area contributed by atoms with Gasteiger partial charge < -0.3 is 18.9 Å². The summed E-state index contributed by atoms with van der Waals surface area (Å²) in [6.45, 7) is 5.30. The molecule has 0 bridgehead atoms. The van der Waals surface area contributed by atoms with Crippen LogP contribution in [0, 0.1) is 5.41 Å². The fourth-order valence-corrected chi connectivity index (χ4v) is 3.33. The fraction of sp³-hybridized carbons (Fsp3) is 0.786. The molecule has 0 aromatic rings. The Kier molecular flexibility index (Phi) is 4.79. The van der Waals surface area contributed by atoms with Gasteiger partial charge in [0.15, 0.2) is 0 Å². The summed E-state index contributed by atoms with van der Waals surface area (Å²) in [5, 5.41) is 8.99. The maximum atomic E-state index is 12.6. The van der Waals surface area contributed by atoms with Gasteiger partial charge >= 0.3 is 21.7 Å². The van der Waals surface area contributed by atoms with E-state index in [0.717, 1.165) is 0 Å². The van der Waals surface area contributed by atoms with Gasteiger partial charge in [0.2, 0.25) is 0 Å². The lowest BCUT2D eigenvalue weighted by Crippen LogP contribution is -2.47. The first-order chi connectivity index (χ1) is 11.2. The van der Waals surface area contributed by atoms with Gasteiger partial charge in [-0.1, -0.05) is 20.8 Å². The van der Waals surface area contributed by atoms with E-state index in [1.54, 1.807) is 20.8 Å². The van der Waals surface area contributed by atoms with Crippen molar-refractivity contribution in [2.24, 2.45) is 5.41 Å². The number of hydrogen-bond donors (Lipinski definition) is 1. The Hall–Kier alpha value is -1.49. The normalized spacial score (nSPS) is 24.3. The van der Waals surface area contributed by atoms with Gasteiger partial charge in [0.1, 0.15) is 11.9 Å². The van der Waals surface area contributed by atoms with Crippen molar-refractivity contribution in [2.45, 2.75) is 50.8 Å². The van der Waals surface area contributed by atoms with Crippen molar-refractivity contribution >= 4 is 16.2 Å². The van der Waals surface area contributed by atoms with E-state index in [1.165, 1.54) is 11.0 Å². The molecule has 1 N–H and O–H groups in total. The molecule has 1 spiro atoms. The van der Waals surface area contributed by atoms with Crippen molar-refractivity contribution in [1.29, 1.82) is 0 Å². The lowest BCUT2D eigenvalue weighted by Gasteiger charge is -2.39. The summed E-state index contributed by atoms with van der Waals surface area (Å²) in [6.07, 6.45) is -0.442. The smallest absolute Gasteiger partial charge is 0.465 e. The van der Waals surface area contributed by atoms with Crippen molar-refractivity contribution < 1.29 is 40.4 Å².